The van der Waals surface area contributed by atoms with E-state index in [1.807, 2.05) is 24.3 Å². The van der Waals surface area contributed by atoms with Crippen LogP contribution in [-0.2, 0) is 17.9 Å². The molecule has 1 fully saturated rings. The summed E-state index contributed by atoms with van der Waals surface area (Å²) in [5, 5.41) is 12.2. The maximum absolute atomic E-state index is 11.2. The fourth-order valence-corrected chi connectivity index (χ4v) is 4.16. The van der Waals surface area contributed by atoms with Crippen molar-refractivity contribution in [2.75, 3.05) is 12.3 Å². The third-order valence-electron chi connectivity index (χ3n) is 5.51. The maximum atomic E-state index is 11.2. The molecule has 1 aromatic carbocycles. The van der Waals surface area contributed by atoms with Crippen LogP contribution in [0.15, 0.2) is 24.3 Å². The van der Waals surface area contributed by atoms with Crippen molar-refractivity contribution in [1.29, 1.82) is 0 Å². The Morgan fingerprint density at radius 2 is 1.96 bits per heavy atom. The Labute approximate surface area is 159 Å². The molecular weight excluding hydrogens is 340 g/mol. The minimum Gasteiger partial charge on any atom is -0.388 e. The van der Waals surface area contributed by atoms with Gasteiger partial charge < -0.3 is 20.1 Å². The highest BCUT2D eigenvalue weighted by atomic mass is 16.5. The van der Waals surface area contributed by atoms with E-state index in [4.69, 9.17) is 15.5 Å². The minimum atomic E-state index is -0.704. The predicted octanol–water partition coefficient (Wildman–Crippen LogP) is 3.79. The average molecular weight is 368 g/mol. The number of pyridine rings is 1. The van der Waals surface area contributed by atoms with E-state index < -0.39 is 5.60 Å². The fraction of sp³-hybridized carbons (Fsp3) is 0.524. The predicted molar refractivity (Wildman–Crippen MR) is 107 cm³/mol. The van der Waals surface area contributed by atoms with Crippen molar-refractivity contribution in [1.82, 2.24) is 14.5 Å². The first-order valence-corrected chi connectivity index (χ1v) is 9.95. The number of ether oxygens (including phenoxy) is 1. The molecule has 1 aliphatic carbocycles. The SMILES string of the molecule is CCCOCc1nc2c(N)nc3ccccc3c2n1CC1(O)CCCCC1. The molecule has 0 saturated heterocycles. The third kappa shape index (κ3) is 3.51. The summed E-state index contributed by atoms with van der Waals surface area (Å²) in [7, 11) is 0. The third-order valence-corrected chi connectivity index (χ3v) is 5.51. The van der Waals surface area contributed by atoms with Crippen molar-refractivity contribution in [3.8, 4) is 0 Å². The highest BCUT2D eigenvalue weighted by Crippen LogP contribution is 2.34. The van der Waals surface area contributed by atoms with E-state index in [0.717, 1.165) is 54.3 Å². The summed E-state index contributed by atoms with van der Waals surface area (Å²) in [4.78, 5) is 9.29. The molecule has 6 heteroatoms. The van der Waals surface area contributed by atoms with Gasteiger partial charge in [0, 0.05) is 12.0 Å². The lowest BCUT2D eigenvalue weighted by atomic mass is 9.85. The van der Waals surface area contributed by atoms with Gasteiger partial charge in [0.25, 0.3) is 0 Å². The molecule has 2 aromatic heterocycles. The quantitative estimate of drug-likeness (QED) is 0.647. The summed E-state index contributed by atoms with van der Waals surface area (Å²) in [5.74, 6) is 1.23. The van der Waals surface area contributed by atoms with Gasteiger partial charge in [0.15, 0.2) is 5.82 Å². The number of hydrogen-bond acceptors (Lipinski definition) is 5. The van der Waals surface area contributed by atoms with Crippen LogP contribution in [0.5, 0.6) is 0 Å². The number of nitrogens with zero attached hydrogens (tertiary/aromatic N) is 3. The van der Waals surface area contributed by atoms with Gasteiger partial charge >= 0.3 is 0 Å². The van der Waals surface area contributed by atoms with Gasteiger partial charge in [0.2, 0.25) is 0 Å². The van der Waals surface area contributed by atoms with Crippen LogP contribution in [0.2, 0.25) is 0 Å². The summed E-state index contributed by atoms with van der Waals surface area (Å²) in [6.45, 7) is 3.69. The van der Waals surface area contributed by atoms with Crippen molar-refractivity contribution in [3.63, 3.8) is 0 Å². The molecule has 0 unspecified atom stereocenters. The van der Waals surface area contributed by atoms with E-state index in [1.54, 1.807) is 0 Å². The monoisotopic (exact) mass is 368 g/mol. The molecule has 0 radical (unpaired) electrons. The van der Waals surface area contributed by atoms with E-state index in [9.17, 15) is 5.11 Å². The topological polar surface area (TPSA) is 86.2 Å². The molecule has 0 aliphatic heterocycles. The molecule has 144 valence electrons. The first-order valence-electron chi connectivity index (χ1n) is 9.95. The van der Waals surface area contributed by atoms with Gasteiger partial charge in [-0.2, -0.15) is 0 Å². The van der Waals surface area contributed by atoms with Gasteiger partial charge in [-0.3, -0.25) is 0 Å². The number of imidazole rings is 1. The van der Waals surface area contributed by atoms with E-state index >= 15 is 0 Å². The zero-order chi connectivity index (χ0) is 18.9. The molecule has 0 bridgehead atoms. The molecule has 2 heterocycles. The second-order valence-electron chi connectivity index (χ2n) is 7.66. The van der Waals surface area contributed by atoms with Crippen LogP contribution in [0, 0.1) is 0 Å². The van der Waals surface area contributed by atoms with Gasteiger partial charge in [-0.05, 0) is 25.3 Å². The molecule has 1 saturated carbocycles. The highest BCUT2D eigenvalue weighted by Gasteiger charge is 2.31. The van der Waals surface area contributed by atoms with Crippen molar-refractivity contribution < 1.29 is 9.84 Å². The Hall–Kier alpha value is -2.18. The number of nitrogens with two attached hydrogens (primary N) is 1. The van der Waals surface area contributed by atoms with Crippen molar-refractivity contribution in [2.24, 2.45) is 0 Å². The van der Waals surface area contributed by atoms with Crippen LogP contribution in [-0.4, -0.2) is 31.8 Å². The molecule has 3 N–H and O–H groups in total. The van der Waals surface area contributed by atoms with Crippen LogP contribution in [0.3, 0.4) is 0 Å². The number of anilines is 1. The van der Waals surface area contributed by atoms with Gasteiger partial charge in [0.05, 0.1) is 23.2 Å². The van der Waals surface area contributed by atoms with Gasteiger partial charge in [0.1, 0.15) is 17.9 Å². The zero-order valence-corrected chi connectivity index (χ0v) is 15.9. The lowest BCUT2D eigenvalue weighted by molar-refractivity contribution is -0.0124. The lowest BCUT2D eigenvalue weighted by Crippen LogP contribution is -2.36. The van der Waals surface area contributed by atoms with Crippen molar-refractivity contribution in [3.05, 3.63) is 30.1 Å². The smallest absolute Gasteiger partial charge is 0.152 e. The summed E-state index contributed by atoms with van der Waals surface area (Å²) in [6, 6.07) is 7.97. The molecular formula is C21H28N4O2. The first-order chi connectivity index (χ1) is 13.1. The molecule has 4 rings (SSSR count). The minimum absolute atomic E-state index is 0.409. The molecule has 1 aliphatic rings. The van der Waals surface area contributed by atoms with Crippen LogP contribution < -0.4 is 5.73 Å². The number of benzene rings is 1. The van der Waals surface area contributed by atoms with Gasteiger partial charge in [-0.25, -0.2) is 9.97 Å². The Bertz CT molecular complexity index is 944. The highest BCUT2D eigenvalue weighted by molar-refractivity contribution is 6.06. The molecule has 3 aromatic rings. The van der Waals surface area contributed by atoms with Crippen LogP contribution in [0.4, 0.5) is 5.82 Å². The Morgan fingerprint density at radius 1 is 1.19 bits per heavy atom. The summed E-state index contributed by atoms with van der Waals surface area (Å²) in [6.07, 6.45) is 5.92. The number of rotatable bonds is 6. The summed E-state index contributed by atoms with van der Waals surface area (Å²) >= 11 is 0. The van der Waals surface area contributed by atoms with E-state index in [2.05, 4.69) is 16.5 Å². The standard InChI is InChI=1S/C21H28N4O2/c1-2-12-27-13-17-24-18-19(15-8-4-5-9-16(15)23-20(18)22)25(17)14-21(26)10-6-3-7-11-21/h4-5,8-9,26H,2-3,6-7,10-14H2,1H3,(H2,22,23). The number of hydrogen-bond donors (Lipinski definition) is 2. The van der Waals surface area contributed by atoms with Gasteiger partial charge in [-0.15, -0.1) is 0 Å². The van der Waals surface area contributed by atoms with Crippen LogP contribution in [0.25, 0.3) is 21.9 Å². The maximum Gasteiger partial charge on any atom is 0.152 e. The number of nitrogen functional groups attached to an aromatic ring is 1. The van der Waals surface area contributed by atoms with Crippen molar-refractivity contribution in [2.45, 2.75) is 64.2 Å². The van der Waals surface area contributed by atoms with Crippen molar-refractivity contribution >= 4 is 27.8 Å². The summed E-state index contributed by atoms with van der Waals surface area (Å²) in [5.41, 5.74) is 8.03. The second kappa shape index (κ2) is 7.44. The molecule has 0 atom stereocenters. The molecule has 6 nitrogen and oxygen atoms in total. The van der Waals surface area contributed by atoms with E-state index in [1.165, 1.54) is 6.42 Å². The second-order valence-corrected chi connectivity index (χ2v) is 7.66. The Morgan fingerprint density at radius 3 is 2.74 bits per heavy atom. The first kappa shape index (κ1) is 18.2. The van der Waals surface area contributed by atoms with E-state index in [-0.39, 0.29) is 0 Å². The van der Waals surface area contributed by atoms with Gasteiger partial charge in [-0.1, -0.05) is 44.4 Å². The Kier molecular flexibility index (Phi) is 5.02. The Balaban J connectivity index is 1.87. The van der Waals surface area contributed by atoms with Crippen LogP contribution >= 0.6 is 0 Å². The normalized spacial score (nSPS) is 17.0. The van der Waals surface area contributed by atoms with E-state index in [0.29, 0.717) is 31.1 Å². The van der Waals surface area contributed by atoms with Crippen LogP contribution in [0.1, 0.15) is 51.3 Å². The summed E-state index contributed by atoms with van der Waals surface area (Å²) < 4.78 is 7.91. The number of aliphatic hydroxyl groups is 1. The molecule has 27 heavy (non-hydrogen) atoms. The number of aromatic nitrogens is 3. The largest absolute Gasteiger partial charge is 0.388 e. The fourth-order valence-electron chi connectivity index (χ4n) is 4.16. The lowest BCUT2D eigenvalue weighted by Gasteiger charge is -2.33. The molecule has 0 spiro atoms. The zero-order valence-electron chi connectivity index (χ0n) is 15.9. The molecule has 0 amide bonds. The number of fused-ring (bicyclic) bond motifs is 3. The average Bonchev–Trinajstić information content (AvgIpc) is 3.01. The number of para-hydroxylation sites is 1.